The summed E-state index contributed by atoms with van der Waals surface area (Å²) in [6.45, 7) is 7.74. The van der Waals surface area contributed by atoms with E-state index in [4.69, 9.17) is 47.4 Å². The van der Waals surface area contributed by atoms with Crippen LogP contribution in [0.5, 0.6) is 0 Å². The number of hydrogen-bond acceptors (Lipinski definition) is 10. The zero-order valence-corrected chi connectivity index (χ0v) is 20.4. The molecule has 0 heterocycles. The third kappa shape index (κ3) is 31.5. The summed E-state index contributed by atoms with van der Waals surface area (Å²) >= 11 is 0. The van der Waals surface area contributed by atoms with Crippen molar-refractivity contribution in [3.63, 3.8) is 0 Å². The SMILES string of the molecule is FCCOCCOCCOCCOCCOCCOCCOCCOCCOCCOCCF. The van der Waals surface area contributed by atoms with Gasteiger partial charge in [0.2, 0.25) is 0 Å². The summed E-state index contributed by atoms with van der Waals surface area (Å²) < 4.78 is 76.3. The highest BCUT2D eigenvalue weighted by Gasteiger charge is 1.95. The predicted molar refractivity (Wildman–Crippen MR) is 120 cm³/mol. The third-order valence-electron chi connectivity index (χ3n) is 3.79. The van der Waals surface area contributed by atoms with E-state index in [1.165, 1.54) is 0 Å². The van der Waals surface area contributed by atoms with Crippen LogP contribution in [0.4, 0.5) is 8.78 Å². The maximum Gasteiger partial charge on any atom is 0.113 e. The molecule has 206 valence electrons. The molecule has 0 atom stereocenters. The van der Waals surface area contributed by atoms with Crippen molar-refractivity contribution >= 4 is 0 Å². The molecule has 0 fully saturated rings. The first-order valence-corrected chi connectivity index (χ1v) is 11.8. The molecule has 0 saturated heterocycles. The van der Waals surface area contributed by atoms with Crippen molar-refractivity contribution in [2.24, 2.45) is 0 Å². The van der Waals surface area contributed by atoms with Gasteiger partial charge < -0.3 is 47.4 Å². The fourth-order valence-corrected chi connectivity index (χ4v) is 2.19. The molecule has 0 radical (unpaired) electrons. The number of ether oxygens (including phenoxy) is 10. The van der Waals surface area contributed by atoms with Gasteiger partial charge in [0.25, 0.3) is 0 Å². The molecule has 0 aromatic carbocycles. The standard InChI is InChI=1S/C22H44F2O10/c23-1-3-25-5-7-27-9-11-29-13-15-31-17-19-33-21-22-34-20-18-32-16-14-30-12-10-28-8-6-26-4-2-24/h1-22H2. The van der Waals surface area contributed by atoms with E-state index in [0.29, 0.717) is 119 Å². The van der Waals surface area contributed by atoms with Crippen LogP contribution in [0.15, 0.2) is 0 Å². The number of rotatable bonds is 31. The van der Waals surface area contributed by atoms with E-state index in [0.717, 1.165) is 0 Å². The van der Waals surface area contributed by atoms with E-state index >= 15 is 0 Å². The van der Waals surface area contributed by atoms with Gasteiger partial charge in [-0.3, -0.25) is 0 Å². The fraction of sp³-hybridized carbons (Fsp3) is 1.00. The molecule has 0 aliphatic rings. The topological polar surface area (TPSA) is 92.3 Å². The molecular formula is C22H44F2O10. The molecule has 0 aliphatic carbocycles. The summed E-state index contributed by atoms with van der Waals surface area (Å²) in [5.74, 6) is 0. The van der Waals surface area contributed by atoms with E-state index in [9.17, 15) is 8.78 Å². The van der Waals surface area contributed by atoms with Crippen LogP contribution in [0.25, 0.3) is 0 Å². The minimum Gasteiger partial charge on any atom is -0.377 e. The van der Waals surface area contributed by atoms with Crippen molar-refractivity contribution in [3.05, 3.63) is 0 Å². The van der Waals surface area contributed by atoms with Gasteiger partial charge >= 0.3 is 0 Å². The molecule has 0 aliphatic heterocycles. The zero-order valence-electron chi connectivity index (χ0n) is 20.4. The maximum absolute atomic E-state index is 11.8. The molecule has 34 heavy (non-hydrogen) atoms. The zero-order chi connectivity index (χ0) is 24.6. The summed E-state index contributed by atoms with van der Waals surface area (Å²) in [6.07, 6.45) is 0. The highest BCUT2D eigenvalue weighted by atomic mass is 19.1. The van der Waals surface area contributed by atoms with Crippen LogP contribution in [0.1, 0.15) is 0 Å². The molecule has 0 rings (SSSR count). The molecule has 0 aromatic rings. The summed E-state index contributed by atoms with van der Waals surface area (Å²) in [5.41, 5.74) is 0. The second-order valence-electron chi connectivity index (χ2n) is 6.50. The van der Waals surface area contributed by atoms with Crippen LogP contribution >= 0.6 is 0 Å². The lowest BCUT2D eigenvalue weighted by Crippen LogP contribution is -2.15. The Hall–Kier alpha value is -0.540. The maximum atomic E-state index is 11.8. The minimum absolute atomic E-state index is 0.112. The number of hydrogen-bond donors (Lipinski definition) is 0. The first-order valence-electron chi connectivity index (χ1n) is 11.8. The molecule has 0 saturated carbocycles. The summed E-state index contributed by atoms with van der Waals surface area (Å²) in [6, 6.07) is 0. The van der Waals surface area contributed by atoms with Crippen molar-refractivity contribution in [3.8, 4) is 0 Å². The van der Waals surface area contributed by atoms with Gasteiger partial charge in [-0.25, -0.2) is 8.78 Å². The highest BCUT2D eigenvalue weighted by molar-refractivity contribution is 4.38. The summed E-state index contributed by atoms with van der Waals surface area (Å²) in [4.78, 5) is 0. The molecule has 0 bridgehead atoms. The first-order chi connectivity index (χ1) is 16.9. The Morgan fingerprint density at radius 2 is 0.324 bits per heavy atom. The second-order valence-corrected chi connectivity index (χ2v) is 6.50. The van der Waals surface area contributed by atoms with Crippen molar-refractivity contribution < 1.29 is 56.1 Å². The smallest absolute Gasteiger partial charge is 0.113 e. The Morgan fingerprint density at radius 3 is 0.441 bits per heavy atom. The van der Waals surface area contributed by atoms with E-state index in [2.05, 4.69) is 0 Å². The van der Waals surface area contributed by atoms with Crippen LogP contribution in [0.2, 0.25) is 0 Å². The quantitative estimate of drug-likeness (QED) is 0.127. The molecule has 0 N–H and O–H groups in total. The lowest BCUT2D eigenvalue weighted by Gasteiger charge is -2.09. The van der Waals surface area contributed by atoms with Crippen molar-refractivity contribution in [1.82, 2.24) is 0 Å². The normalized spacial score (nSPS) is 11.5. The van der Waals surface area contributed by atoms with Crippen molar-refractivity contribution in [2.75, 3.05) is 145 Å². The van der Waals surface area contributed by atoms with Gasteiger partial charge in [0.1, 0.15) is 13.3 Å². The van der Waals surface area contributed by atoms with Gasteiger partial charge in [0.15, 0.2) is 0 Å². The van der Waals surface area contributed by atoms with Gasteiger partial charge in [-0.2, -0.15) is 0 Å². The lowest BCUT2D eigenvalue weighted by atomic mass is 10.6. The second kappa shape index (κ2) is 32.5. The molecule has 12 heteroatoms. The van der Waals surface area contributed by atoms with Gasteiger partial charge in [-0.05, 0) is 0 Å². The molecule has 0 spiro atoms. The van der Waals surface area contributed by atoms with Gasteiger partial charge in [0, 0.05) is 0 Å². The van der Waals surface area contributed by atoms with Gasteiger partial charge in [-0.15, -0.1) is 0 Å². The largest absolute Gasteiger partial charge is 0.377 e. The average molecular weight is 507 g/mol. The molecular weight excluding hydrogens is 462 g/mol. The van der Waals surface area contributed by atoms with E-state index < -0.39 is 13.3 Å². The monoisotopic (exact) mass is 506 g/mol. The minimum atomic E-state index is -0.475. The Balaban J connectivity index is 2.99. The number of halogens is 2. The Bertz CT molecular complexity index is 328. The van der Waals surface area contributed by atoms with Crippen LogP contribution in [0, 0.1) is 0 Å². The Labute approximate surface area is 202 Å². The number of alkyl halides is 2. The first kappa shape index (κ1) is 33.5. The summed E-state index contributed by atoms with van der Waals surface area (Å²) in [5, 5.41) is 0. The van der Waals surface area contributed by atoms with Gasteiger partial charge in [0.05, 0.1) is 132 Å². The van der Waals surface area contributed by atoms with Crippen LogP contribution in [0.3, 0.4) is 0 Å². The average Bonchev–Trinajstić information content (AvgIpc) is 2.85. The van der Waals surface area contributed by atoms with Gasteiger partial charge in [-0.1, -0.05) is 0 Å². The third-order valence-corrected chi connectivity index (χ3v) is 3.79. The molecule has 0 unspecified atom stereocenters. The van der Waals surface area contributed by atoms with E-state index in [-0.39, 0.29) is 13.2 Å². The van der Waals surface area contributed by atoms with Crippen molar-refractivity contribution in [1.29, 1.82) is 0 Å². The van der Waals surface area contributed by atoms with Crippen LogP contribution in [-0.2, 0) is 47.4 Å². The fourth-order valence-electron chi connectivity index (χ4n) is 2.19. The van der Waals surface area contributed by atoms with E-state index in [1.54, 1.807) is 0 Å². The van der Waals surface area contributed by atoms with E-state index in [1.807, 2.05) is 0 Å². The van der Waals surface area contributed by atoms with Crippen LogP contribution in [-0.4, -0.2) is 145 Å². The lowest BCUT2D eigenvalue weighted by molar-refractivity contribution is -0.0266. The molecule has 0 amide bonds. The predicted octanol–water partition coefficient (Wildman–Crippen LogP) is 1.09. The van der Waals surface area contributed by atoms with Crippen molar-refractivity contribution in [2.45, 2.75) is 0 Å². The Kier molecular flexibility index (Phi) is 31.9. The summed E-state index contributed by atoms with van der Waals surface area (Å²) in [7, 11) is 0. The highest BCUT2D eigenvalue weighted by Crippen LogP contribution is 1.86. The van der Waals surface area contributed by atoms with Crippen LogP contribution < -0.4 is 0 Å². The molecule has 0 aromatic heterocycles. The Morgan fingerprint density at radius 1 is 0.206 bits per heavy atom. The molecule has 10 nitrogen and oxygen atoms in total.